The van der Waals surface area contributed by atoms with Crippen molar-refractivity contribution in [3.8, 4) is 0 Å². The van der Waals surface area contributed by atoms with E-state index in [0.29, 0.717) is 0 Å². The molecule has 0 saturated carbocycles. The van der Waals surface area contributed by atoms with Crippen LogP contribution < -0.4 is 10.2 Å². The first-order valence-corrected chi connectivity index (χ1v) is 5.62. The van der Waals surface area contributed by atoms with E-state index < -0.39 is 0 Å². The number of nitrogens with one attached hydrogen (secondary N) is 1. The van der Waals surface area contributed by atoms with Gasteiger partial charge in [-0.25, -0.2) is 0 Å². The summed E-state index contributed by atoms with van der Waals surface area (Å²) in [6.07, 6.45) is 0.959. The molecular weight excluding hydrogens is 200 g/mol. The summed E-state index contributed by atoms with van der Waals surface area (Å²) < 4.78 is 0. The minimum Gasteiger partial charge on any atom is -0.377 e. The highest BCUT2D eigenvalue weighted by atomic mass is 16.1. The third-order valence-corrected chi connectivity index (χ3v) is 2.48. The molecule has 1 amide bonds. The van der Waals surface area contributed by atoms with Gasteiger partial charge in [0, 0.05) is 31.9 Å². The summed E-state index contributed by atoms with van der Waals surface area (Å²) in [7, 11) is 4.00. The van der Waals surface area contributed by atoms with Crippen molar-refractivity contribution in [3.05, 3.63) is 29.3 Å². The van der Waals surface area contributed by atoms with Gasteiger partial charge in [0.15, 0.2) is 0 Å². The van der Waals surface area contributed by atoms with Gasteiger partial charge in [0.1, 0.15) is 0 Å². The molecule has 1 aromatic rings. The number of amides is 1. The predicted octanol–water partition coefficient (Wildman–Crippen LogP) is 2.20. The molecule has 0 bridgehead atoms. The van der Waals surface area contributed by atoms with Gasteiger partial charge in [-0.2, -0.15) is 0 Å². The highest BCUT2D eigenvalue weighted by Gasteiger charge is 2.07. The van der Waals surface area contributed by atoms with Gasteiger partial charge in [0.25, 0.3) is 5.91 Å². The second kappa shape index (κ2) is 5.54. The van der Waals surface area contributed by atoms with Crippen LogP contribution in [0.25, 0.3) is 0 Å². The molecule has 16 heavy (non-hydrogen) atoms. The van der Waals surface area contributed by atoms with E-state index in [2.05, 4.69) is 5.32 Å². The average molecular weight is 220 g/mol. The number of hydrogen-bond donors (Lipinski definition) is 1. The van der Waals surface area contributed by atoms with Crippen LogP contribution >= 0.6 is 0 Å². The topological polar surface area (TPSA) is 32.3 Å². The van der Waals surface area contributed by atoms with Gasteiger partial charge in [-0.05, 0) is 37.1 Å². The number of aryl methyl sites for hydroxylation is 1. The number of carbonyl (C=O) groups is 1. The maximum Gasteiger partial charge on any atom is 0.251 e. The van der Waals surface area contributed by atoms with Crippen molar-refractivity contribution >= 4 is 11.6 Å². The third-order valence-electron chi connectivity index (χ3n) is 2.48. The predicted molar refractivity (Wildman–Crippen MR) is 68.1 cm³/mol. The summed E-state index contributed by atoms with van der Waals surface area (Å²) in [6.45, 7) is 4.79. The van der Waals surface area contributed by atoms with Gasteiger partial charge in [-0.1, -0.05) is 6.92 Å². The highest BCUT2D eigenvalue weighted by Crippen LogP contribution is 2.18. The Labute approximate surface area is 97.5 Å². The molecule has 0 aliphatic heterocycles. The first-order chi connectivity index (χ1) is 7.56. The van der Waals surface area contributed by atoms with Crippen LogP contribution in [0.4, 0.5) is 5.69 Å². The SMILES string of the molecule is CCCNC(=O)c1ccc(N(C)C)c(C)c1. The van der Waals surface area contributed by atoms with E-state index >= 15 is 0 Å². The summed E-state index contributed by atoms with van der Waals surface area (Å²) in [5.74, 6) is 0.00950. The van der Waals surface area contributed by atoms with Crippen LogP contribution in [0.1, 0.15) is 29.3 Å². The standard InChI is InChI=1S/C13H20N2O/c1-5-8-14-13(16)11-6-7-12(15(3)4)10(2)9-11/h6-7,9H,5,8H2,1-4H3,(H,14,16). The van der Waals surface area contributed by atoms with Gasteiger partial charge in [0.2, 0.25) is 0 Å². The highest BCUT2D eigenvalue weighted by molar-refractivity contribution is 5.94. The van der Waals surface area contributed by atoms with Gasteiger partial charge >= 0.3 is 0 Å². The molecule has 0 atom stereocenters. The van der Waals surface area contributed by atoms with E-state index in [4.69, 9.17) is 0 Å². The second-order valence-electron chi connectivity index (χ2n) is 4.15. The van der Waals surface area contributed by atoms with Crippen molar-refractivity contribution in [2.45, 2.75) is 20.3 Å². The van der Waals surface area contributed by atoms with Crippen molar-refractivity contribution in [3.63, 3.8) is 0 Å². The number of anilines is 1. The van der Waals surface area contributed by atoms with E-state index in [1.165, 1.54) is 0 Å². The molecule has 3 heteroatoms. The lowest BCUT2D eigenvalue weighted by Crippen LogP contribution is -2.24. The first-order valence-electron chi connectivity index (χ1n) is 5.62. The van der Waals surface area contributed by atoms with E-state index in [9.17, 15) is 4.79 Å². The number of nitrogens with zero attached hydrogens (tertiary/aromatic N) is 1. The fraction of sp³-hybridized carbons (Fsp3) is 0.462. The van der Waals surface area contributed by atoms with Gasteiger partial charge in [0.05, 0.1) is 0 Å². The van der Waals surface area contributed by atoms with E-state index in [1.807, 2.05) is 51.0 Å². The molecule has 0 aliphatic carbocycles. The maximum atomic E-state index is 11.7. The Balaban J connectivity index is 2.84. The van der Waals surface area contributed by atoms with E-state index in [0.717, 1.165) is 29.8 Å². The Hall–Kier alpha value is -1.51. The zero-order valence-electron chi connectivity index (χ0n) is 10.5. The molecule has 0 unspecified atom stereocenters. The number of hydrogen-bond acceptors (Lipinski definition) is 2. The summed E-state index contributed by atoms with van der Waals surface area (Å²) in [5, 5.41) is 2.87. The first kappa shape index (κ1) is 12.6. The molecule has 0 spiro atoms. The number of carbonyl (C=O) groups excluding carboxylic acids is 1. The Morgan fingerprint density at radius 2 is 2.06 bits per heavy atom. The normalized spacial score (nSPS) is 10.0. The van der Waals surface area contributed by atoms with Crippen molar-refractivity contribution in [1.82, 2.24) is 5.32 Å². The van der Waals surface area contributed by atoms with Crippen LogP contribution in [0.2, 0.25) is 0 Å². The molecule has 3 nitrogen and oxygen atoms in total. The van der Waals surface area contributed by atoms with Gasteiger partial charge in [-0.15, -0.1) is 0 Å². The molecule has 0 saturated heterocycles. The Morgan fingerprint density at radius 3 is 2.56 bits per heavy atom. The van der Waals surface area contributed by atoms with Crippen molar-refractivity contribution in [2.24, 2.45) is 0 Å². The van der Waals surface area contributed by atoms with Gasteiger partial charge in [-0.3, -0.25) is 4.79 Å². The summed E-state index contributed by atoms with van der Waals surface area (Å²) in [6, 6.07) is 5.78. The van der Waals surface area contributed by atoms with Crippen LogP contribution in [0.15, 0.2) is 18.2 Å². The van der Waals surface area contributed by atoms with Gasteiger partial charge < -0.3 is 10.2 Å². The van der Waals surface area contributed by atoms with Crippen LogP contribution in [-0.4, -0.2) is 26.5 Å². The maximum absolute atomic E-state index is 11.7. The number of benzene rings is 1. The molecule has 1 rings (SSSR count). The molecular formula is C13H20N2O. The fourth-order valence-corrected chi connectivity index (χ4v) is 1.64. The Morgan fingerprint density at radius 1 is 1.38 bits per heavy atom. The Bertz CT molecular complexity index is 372. The molecule has 0 aliphatic rings. The monoisotopic (exact) mass is 220 g/mol. The molecule has 0 radical (unpaired) electrons. The zero-order valence-corrected chi connectivity index (χ0v) is 10.5. The number of rotatable bonds is 4. The summed E-state index contributed by atoms with van der Waals surface area (Å²) in [4.78, 5) is 13.8. The molecule has 0 heterocycles. The quantitative estimate of drug-likeness (QED) is 0.843. The molecule has 1 aromatic carbocycles. The van der Waals surface area contributed by atoms with Crippen molar-refractivity contribution < 1.29 is 4.79 Å². The largest absolute Gasteiger partial charge is 0.377 e. The lowest BCUT2D eigenvalue weighted by atomic mass is 10.1. The molecule has 0 fully saturated rings. The van der Waals surface area contributed by atoms with Crippen LogP contribution in [0, 0.1) is 6.92 Å². The average Bonchev–Trinajstić information content (AvgIpc) is 2.25. The molecule has 88 valence electrons. The third kappa shape index (κ3) is 2.99. The van der Waals surface area contributed by atoms with Crippen LogP contribution in [-0.2, 0) is 0 Å². The Kier molecular flexibility index (Phi) is 4.35. The molecule has 1 N–H and O–H groups in total. The lowest BCUT2D eigenvalue weighted by Gasteiger charge is -2.16. The second-order valence-corrected chi connectivity index (χ2v) is 4.15. The van der Waals surface area contributed by atoms with E-state index in [-0.39, 0.29) is 5.91 Å². The van der Waals surface area contributed by atoms with Crippen LogP contribution in [0.3, 0.4) is 0 Å². The smallest absolute Gasteiger partial charge is 0.251 e. The minimum absolute atomic E-state index is 0.00950. The van der Waals surface area contributed by atoms with Crippen molar-refractivity contribution in [2.75, 3.05) is 25.5 Å². The summed E-state index contributed by atoms with van der Waals surface area (Å²) in [5.41, 5.74) is 3.00. The van der Waals surface area contributed by atoms with Crippen LogP contribution in [0.5, 0.6) is 0 Å². The summed E-state index contributed by atoms with van der Waals surface area (Å²) >= 11 is 0. The zero-order chi connectivity index (χ0) is 12.1. The molecule has 0 aromatic heterocycles. The fourth-order valence-electron chi connectivity index (χ4n) is 1.64. The lowest BCUT2D eigenvalue weighted by molar-refractivity contribution is 0.0953. The minimum atomic E-state index is 0.00950. The van der Waals surface area contributed by atoms with Crippen molar-refractivity contribution in [1.29, 1.82) is 0 Å². The van der Waals surface area contributed by atoms with E-state index in [1.54, 1.807) is 0 Å².